The van der Waals surface area contributed by atoms with Crippen molar-refractivity contribution in [2.24, 2.45) is 0 Å². The minimum Gasteiger partial charge on any atom is -0.441 e. The number of carbonyl (C=O) groups is 1. The third kappa shape index (κ3) is 5.88. The van der Waals surface area contributed by atoms with Gasteiger partial charge in [0.05, 0.1) is 0 Å². The molecular weight excluding hydrogens is 233 g/mol. The van der Waals surface area contributed by atoms with E-state index in [2.05, 4.69) is 3.53 Å². The normalized spacial score (nSPS) is 10.7. The Morgan fingerprint density at radius 2 is 2.00 bits per heavy atom. The van der Waals surface area contributed by atoms with E-state index in [-0.39, 0.29) is 11.7 Å². The van der Waals surface area contributed by atoms with Crippen LogP contribution >= 0.6 is 0 Å². The summed E-state index contributed by atoms with van der Waals surface area (Å²) >= 11 is 1.47. The molecule has 0 atom stereocenters. The Morgan fingerprint density at radius 1 is 1.56 bits per heavy atom. The summed E-state index contributed by atoms with van der Waals surface area (Å²) in [4.78, 5) is 10.5. The van der Waals surface area contributed by atoms with E-state index >= 15 is 0 Å². The van der Waals surface area contributed by atoms with E-state index < -0.39 is 0 Å². The van der Waals surface area contributed by atoms with Crippen LogP contribution in [-0.4, -0.2) is 11.7 Å². The highest BCUT2D eigenvalue weighted by atomic mass is 127. The highest BCUT2D eigenvalue weighted by molar-refractivity contribution is 5.65. The smallest absolute Gasteiger partial charge is 0.441 e. The lowest BCUT2D eigenvalue weighted by Crippen LogP contribution is -3.42. The van der Waals surface area contributed by atoms with Gasteiger partial charge >= 0.3 is 29.0 Å². The molecule has 0 rings (SSSR count). The first kappa shape index (κ1) is 9.00. The lowest BCUT2D eigenvalue weighted by atomic mass is 10.2. The van der Waals surface area contributed by atoms with Crippen LogP contribution < -0.4 is 26.4 Å². The number of hydrogen-bond donors (Lipinski definition) is 1. The Balaban J connectivity index is 3.60. The molecule has 0 aromatic carbocycles. The Kier molecular flexibility index (Phi) is 3.24. The van der Waals surface area contributed by atoms with Gasteiger partial charge in [-0.3, -0.25) is 0 Å². The third-order valence-electron chi connectivity index (χ3n) is 0.482. The van der Waals surface area contributed by atoms with Gasteiger partial charge in [-0.15, -0.1) is 3.53 Å². The molecule has 54 valence electrons. The zero-order valence-corrected chi connectivity index (χ0v) is 8.06. The van der Waals surface area contributed by atoms with E-state index in [1.165, 1.54) is 22.9 Å². The minimum atomic E-state index is -0.387. The summed E-state index contributed by atoms with van der Waals surface area (Å²) in [5.41, 5.74) is -0.387. The maximum atomic E-state index is 10.5. The standard InChI is InChI=1S/C5H10INO2/c1-5(2,3)9-4(8)7-6/h6H,1-3H3/p+1. The van der Waals surface area contributed by atoms with Crippen LogP contribution in [0.4, 0.5) is 4.79 Å². The lowest BCUT2D eigenvalue weighted by molar-refractivity contribution is -0.427. The quantitative estimate of drug-likeness (QED) is 0.385. The van der Waals surface area contributed by atoms with Crippen molar-refractivity contribution in [1.82, 2.24) is 3.53 Å². The highest BCUT2D eigenvalue weighted by Gasteiger charge is 2.16. The number of ether oxygens (including phenoxy) is 1. The molecule has 0 heterocycles. The summed E-state index contributed by atoms with van der Waals surface area (Å²) in [6, 6.07) is 0. The molecule has 0 fully saturated rings. The SMILES string of the molecule is CC(C)(C)OC(=O)N[IH+]. The van der Waals surface area contributed by atoms with Gasteiger partial charge in [-0.25, -0.2) is 4.79 Å². The number of halogens is 1. The molecule has 9 heavy (non-hydrogen) atoms. The van der Waals surface area contributed by atoms with Crippen molar-refractivity contribution < 1.29 is 32.4 Å². The number of hydrogen-bond acceptors (Lipinski definition) is 2. The van der Waals surface area contributed by atoms with E-state index in [1.54, 1.807) is 0 Å². The van der Waals surface area contributed by atoms with Gasteiger partial charge in [-0.1, -0.05) is 0 Å². The van der Waals surface area contributed by atoms with Crippen LogP contribution in [0.1, 0.15) is 20.8 Å². The number of carbonyl (C=O) groups excluding carboxylic acids is 1. The van der Waals surface area contributed by atoms with Crippen molar-refractivity contribution in [2.75, 3.05) is 0 Å². The molecule has 3 nitrogen and oxygen atoms in total. The number of amides is 1. The topological polar surface area (TPSA) is 38.3 Å². The van der Waals surface area contributed by atoms with Crippen LogP contribution in [-0.2, 0) is 4.74 Å². The van der Waals surface area contributed by atoms with Crippen molar-refractivity contribution >= 4 is 6.09 Å². The maximum absolute atomic E-state index is 10.5. The van der Waals surface area contributed by atoms with Crippen molar-refractivity contribution in [3.8, 4) is 0 Å². The molecule has 1 amide bonds. The summed E-state index contributed by atoms with van der Waals surface area (Å²) < 4.78 is 7.21. The Morgan fingerprint density at radius 3 is 2.11 bits per heavy atom. The summed E-state index contributed by atoms with van der Waals surface area (Å²) in [5.74, 6) is 0. The molecule has 0 aliphatic rings. The molecule has 4 heteroatoms. The monoisotopic (exact) mass is 244 g/mol. The predicted molar refractivity (Wildman–Crippen MR) is 30.8 cm³/mol. The molecule has 0 spiro atoms. The van der Waals surface area contributed by atoms with Gasteiger partial charge < -0.3 is 4.74 Å². The number of rotatable bonds is 0. The average molecular weight is 244 g/mol. The summed E-state index contributed by atoms with van der Waals surface area (Å²) in [7, 11) is 0. The van der Waals surface area contributed by atoms with Gasteiger partial charge in [0, 0.05) is 0 Å². The molecule has 0 radical (unpaired) electrons. The molecular formula is C5H11INO2+. The highest BCUT2D eigenvalue weighted by Crippen LogP contribution is 2.05. The summed E-state index contributed by atoms with van der Waals surface area (Å²) in [5, 5.41) is 0. The van der Waals surface area contributed by atoms with E-state index in [0.29, 0.717) is 0 Å². The maximum Gasteiger partial charge on any atom is 0.448 e. The lowest BCUT2D eigenvalue weighted by Gasteiger charge is -2.16. The van der Waals surface area contributed by atoms with E-state index in [1.807, 2.05) is 20.8 Å². The van der Waals surface area contributed by atoms with E-state index in [9.17, 15) is 4.79 Å². The largest absolute Gasteiger partial charge is 0.448 e. The molecule has 0 aliphatic carbocycles. The Bertz CT molecular complexity index is 108. The molecule has 0 aromatic rings. The molecule has 0 bridgehead atoms. The predicted octanol–water partition coefficient (Wildman–Crippen LogP) is -2.29. The van der Waals surface area contributed by atoms with Gasteiger partial charge in [0.2, 0.25) is 0 Å². The third-order valence-corrected chi connectivity index (χ3v) is 0.958. The van der Waals surface area contributed by atoms with Crippen LogP contribution in [0.25, 0.3) is 0 Å². The van der Waals surface area contributed by atoms with Gasteiger partial charge in [0.25, 0.3) is 0 Å². The van der Waals surface area contributed by atoms with Crippen molar-refractivity contribution in [3.63, 3.8) is 0 Å². The first-order valence-corrected chi connectivity index (χ1v) is 3.73. The van der Waals surface area contributed by atoms with Gasteiger partial charge in [-0.05, 0) is 20.8 Å². The zero-order valence-electron chi connectivity index (χ0n) is 5.72. The van der Waals surface area contributed by atoms with Crippen LogP contribution in [0.3, 0.4) is 0 Å². The first-order chi connectivity index (χ1) is 3.95. The van der Waals surface area contributed by atoms with Crippen LogP contribution in [0.15, 0.2) is 0 Å². The fourth-order valence-electron chi connectivity index (χ4n) is 0.299. The first-order valence-electron chi connectivity index (χ1n) is 2.57. The zero-order chi connectivity index (χ0) is 7.49. The molecule has 0 saturated carbocycles. The van der Waals surface area contributed by atoms with Crippen LogP contribution in [0.5, 0.6) is 0 Å². The molecule has 1 N–H and O–H groups in total. The fraction of sp³-hybridized carbons (Fsp3) is 0.800. The molecule has 0 aliphatic heterocycles. The van der Waals surface area contributed by atoms with Gasteiger partial charge in [-0.2, -0.15) is 0 Å². The van der Waals surface area contributed by atoms with E-state index in [4.69, 9.17) is 4.74 Å². The van der Waals surface area contributed by atoms with Crippen LogP contribution in [0, 0.1) is 0 Å². The van der Waals surface area contributed by atoms with Crippen LogP contribution in [0.2, 0.25) is 0 Å². The molecule has 0 aromatic heterocycles. The Labute approximate surface area is 68.6 Å². The second-order valence-corrected chi connectivity index (χ2v) is 3.19. The summed E-state index contributed by atoms with van der Waals surface area (Å²) in [6.45, 7) is 5.47. The van der Waals surface area contributed by atoms with E-state index in [0.717, 1.165) is 0 Å². The van der Waals surface area contributed by atoms with Crippen molar-refractivity contribution in [3.05, 3.63) is 0 Å². The Hall–Kier alpha value is 0. The minimum absolute atomic E-state index is 0.382. The number of nitrogens with one attached hydrogen (secondary N) is 1. The molecule has 0 saturated heterocycles. The van der Waals surface area contributed by atoms with Gasteiger partial charge in [0.1, 0.15) is 5.60 Å². The molecule has 0 unspecified atom stereocenters. The van der Waals surface area contributed by atoms with Crippen molar-refractivity contribution in [2.45, 2.75) is 26.4 Å². The second kappa shape index (κ2) is 3.24. The summed E-state index contributed by atoms with van der Waals surface area (Å²) in [6.07, 6.45) is -0.382. The average Bonchev–Trinajstić information content (AvgIpc) is 1.62. The van der Waals surface area contributed by atoms with Crippen molar-refractivity contribution in [1.29, 1.82) is 0 Å². The van der Waals surface area contributed by atoms with Gasteiger partial charge in [0.15, 0.2) is 0 Å². The second-order valence-electron chi connectivity index (χ2n) is 2.60. The fourth-order valence-corrected chi connectivity index (χ4v) is 0.418.